The molecule has 0 aliphatic carbocycles. The molecular formula is C27H34N2O5. The molecule has 1 aliphatic heterocycles. The largest absolute Gasteiger partial charge is 0.456 e. The fourth-order valence-corrected chi connectivity index (χ4v) is 4.21. The van der Waals surface area contributed by atoms with Crippen LogP contribution in [0.4, 0.5) is 4.79 Å². The number of benzene rings is 2. The second-order valence-electron chi connectivity index (χ2n) is 8.16. The SMILES string of the molecule is CCOC(=O)N(CC)C(CC)C/C=C1/c2ccccc2Oc2cc(C(=O)N(C)CCO)ccc21. The first-order valence-electron chi connectivity index (χ1n) is 11.9. The number of carbonyl (C=O) groups is 2. The molecule has 0 aromatic heterocycles. The molecule has 0 radical (unpaired) electrons. The number of fused-ring (bicyclic) bond motifs is 2. The third-order valence-corrected chi connectivity index (χ3v) is 6.05. The zero-order chi connectivity index (χ0) is 24.7. The number of ether oxygens (including phenoxy) is 2. The van der Waals surface area contributed by atoms with Gasteiger partial charge in [0.05, 0.1) is 13.2 Å². The van der Waals surface area contributed by atoms with Crippen LogP contribution in [0.2, 0.25) is 0 Å². The molecule has 3 rings (SSSR count). The molecule has 0 saturated heterocycles. The molecule has 182 valence electrons. The summed E-state index contributed by atoms with van der Waals surface area (Å²) in [4.78, 5) is 28.4. The van der Waals surface area contributed by atoms with Gasteiger partial charge in [0.15, 0.2) is 0 Å². The van der Waals surface area contributed by atoms with Crippen LogP contribution in [0.5, 0.6) is 11.5 Å². The fraction of sp³-hybridized carbons (Fsp3) is 0.407. The molecule has 2 amide bonds. The standard InChI is InChI=1S/C27H34N2O5/c1-5-20(29(6-2)27(32)33-7-3)13-15-21-22-10-8-9-11-24(22)34-25-18-19(12-14-23(21)25)26(31)28(4)16-17-30/h8-12,14-15,18,20,30H,5-7,13,16-17H2,1-4H3/b21-15-. The van der Waals surface area contributed by atoms with Gasteiger partial charge in [-0.1, -0.05) is 31.2 Å². The summed E-state index contributed by atoms with van der Waals surface area (Å²) in [6.45, 7) is 6.92. The Hall–Kier alpha value is -3.32. The zero-order valence-corrected chi connectivity index (χ0v) is 20.4. The smallest absolute Gasteiger partial charge is 0.409 e. The van der Waals surface area contributed by atoms with Crippen molar-refractivity contribution in [2.24, 2.45) is 0 Å². The van der Waals surface area contributed by atoms with Gasteiger partial charge in [-0.15, -0.1) is 0 Å². The molecule has 2 aromatic carbocycles. The average Bonchev–Trinajstić information content (AvgIpc) is 2.85. The van der Waals surface area contributed by atoms with E-state index in [9.17, 15) is 9.59 Å². The normalized spacial score (nSPS) is 14.0. The van der Waals surface area contributed by atoms with Gasteiger partial charge in [0, 0.05) is 42.9 Å². The van der Waals surface area contributed by atoms with E-state index in [2.05, 4.69) is 13.0 Å². The molecule has 1 unspecified atom stereocenters. The first kappa shape index (κ1) is 25.3. The molecule has 7 heteroatoms. The number of nitrogens with zero attached hydrogens (tertiary/aromatic N) is 2. The van der Waals surface area contributed by atoms with Crippen LogP contribution in [0.1, 0.15) is 55.1 Å². The minimum atomic E-state index is -0.293. The number of hydrogen-bond acceptors (Lipinski definition) is 5. The number of aliphatic hydroxyl groups is 1. The van der Waals surface area contributed by atoms with Crippen LogP contribution in [0, 0.1) is 0 Å². The Morgan fingerprint density at radius 1 is 1.09 bits per heavy atom. The summed E-state index contributed by atoms with van der Waals surface area (Å²) in [5.41, 5.74) is 3.38. The molecule has 1 heterocycles. The quantitative estimate of drug-likeness (QED) is 0.483. The van der Waals surface area contributed by atoms with Crippen molar-refractivity contribution in [3.63, 3.8) is 0 Å². The maximum Gasteiger partial charge on any atom is 0.409 e. The molecule has 0 saturated carbocycles. The topological polar surface area (TPSA) is 79.3 Å². The molecular weight excluding hydrogens is 432 g/mol. The minimum Gasteiger partial charge on any atom is -0.456 e. The van der Waals surface area contributed by atoms with Crippen LogP contribution in [-0.4, -0.2) is 66.3 Å². The maximum atomic E-state index is 12.7. The molecule has 0 fully saturated rings. The zero-order valence-electron chi connectivity index (χ0n) is 20.4. The highest BCUT2D eigenvalue weighted by atomic mass is 16.6. The van der Waals surface area contributed by atoms with E-state index in [1.807, 2.05) is 44.2 Å². The molecule has 0 bridgehead atoms. The molecule has 2 aromatic rings. The summed E-state index contributed by atoms with van der Waals surface area (Å²) >= 11 is 0. The highest BCUT2D eigenvalue weighted by molar-refractivity contribution is 5.96. The second kappa shape index (κ2) is 11.7. The molecule has 0 spiro atoms. The van der Waals surface area contributed by atoms with Crippen molar-refractivity contribution in [2.75, 3.05) is 33.4 Å². The van der Waals surface area contributed by atoms with E-state index in [-0.39, 0.29) is 31.2 Å². The third-order valence-electron chi connectivity index (χ3n) is 6.05. The van der Waals surface area contributed by atoms with Crippen LogP contribution in [0.15, 0.2) is 48.5 Å². The van der Waals surface area contributed by atoms with Crippen molar-refractivity contribution in [2.45, 2.75) is 39.7 Å². The number of rotatable bonds is 9. The van der Waals surface area contributed by atoms with Crippen molar-refractivity contribution in [1.29, 1.82) is 0 Å². The third kappa shape index (κ3) is 5.42. The monoisotopic (exact) mass is 466 g/mol. The van der Waals surface area contributed by atoms with Gasteiger partial charge in [-0.2, -0.15) is 0 Å². The van der Waals surface area contributed by atoms with Gasteiger partial charge in [-0.25, -0.2) is 4.79 Å². The van der Waals surface area contributed by atoms with E-state index in [4.69, 9.17) is 14.6 Å². The van der Waals surface area contributed by atoms with E-state index >= 15 is 0 Å². The molecule has 1 N–H and O–H groups in total. The summed E-state index contributed by atoms with van der Waals surface area (Å²) in [5.74, 6) is 1.16. The van der Waals surface area contributed by atoms with Crippen molar-refractivity contribution in [3.8, 4) is 11.5 Å². The van der Waals surface area contributed by atoms with Crippen molar-refractivity contribution in [3.05, 3.63) is 65.2 Å². The highest BCUT2D eigenvalue weighted by Gasteiger charge is 2.25. The second-order valence-corrected chi connectivity index (χ2v) is 8.16. The average molecular weight is 467 g/mol. The van der Waals surface area contributed by atoms with Crippen LogP contribution < -0.4 is 4.74 Å². The minimum absolute atomic E-state index is 0.00277. The van der Waals surface area contributed by atoms with Gasteiger partial charge >= 0.3 is 6.09 Å². The lowest BCUT2D eigenvalue weighted by Crippen LogP contribution is -2.40. The summed E-state index contributed by atoms with van der Waals surface area (Å²) < 4.78 is 11.4. The lowest BCUT2D eigenvalue weighted by molar-refractivity contribution is 0.0766. The lowest BCUT2D eigenvalue weighted by atomic mass is 9.91. The Kier molecular flexibility index (Phi) is 8.71. The first-order chi connectivity index (χ1) is 16.4. The molecule has 7 nitrogen and oxygen atoms in total. The number of para-hydroxylation sites is 1. The highest BCUT2D eigenvalue weighted by Crippen LogP contribution is 2.44. The van der Waals surface area contributed by atoms with Gasteiger partial charge in [0.25, 0.3) is 5.91 Å². The summed E-state index contributed by atoms with van der Waals surface area (Å²) in [5, 5.41) is 9.16. The Labute approximate surface area is 201 Å². The number of aliphatic hydroxyl groups excluding tert-OH is 1. The Balaban J connectivity index is 1.97. The van der Waals surface area contributed by atoms with E-state index in [1.165, 1.54) is 4.90 Å². The van der Waals surface area contributed by atoms with Crippen LogP contribution in [0.3, 0.4) is 0 Å². The Morgan fingerprint density at radius 3 is 2.50 bits per heavy atom. The van der Waals surface area contributed by atoms with Crippen LogP contribution in [-0.2, 0) is 4.74 Å². The van der Waals surface area contributed by atoms with E-state index in [0.29, 0.717) is 30.9 Å². The summed E-state index contributed by atoms with van der Waals surface area (Å²) in [6, 6.07) is 13.3. The number of hydrogen-bond donors (Lipinski definition) is 1. The predicted octanol–water partition coefficient (Wildman–Crippen LogP) is 4.94. The van der Waals surface area contributed by atoms with Crippen LogP contribution in [0.25, 0.3) is 5.57 Å². The van der Waals surface area contributed by atoms with Gasteiger partial charge < -0.3 is 24.4 Å². The van der Waals surface area contributed by atoms with Gasteiger partial charge in [0.2, 0.25) is 0 Å². The van der Waals surface area contributed by atoms with Crippen molar-refractivity contribution < 1.29 is 24.2 Å². The van der Waals surface area contributed by atoms with Gasteiger partial charge in [0.1, 0.15) is 11.5 Å². The molecule has 1 atom stereocenters. The Morgan fingerprint density at radius 2 is 1.82 bits per heavy atom. The summed E-state index contributed by atoms with van der Waals surface area (Å²) in [6.07, 6.45) is 3.31. The van der Waals surface area contributed by atoms with E-state index in [1.54, 1.807) is 24.1 Å². The van der Waals surface area contributed by atoms with Gasteiger partial charge in [-0.05, 0) is 56.5 Å². The molecule has 1 aliphatic rings. The van der Waals surface area contributed by atoms with E-state index in [0.717, 1.165) is 28.9 Å². The Bertz CT molecular complexity index is 1050. The van der Waals surface area contributed by atoms with Crippen LogP contribution >= 0.6 is 0 Å². The predicted molar refractivity (Wildman–Crippen MR) is 132 cm³/mol. The number of amides is 2. The number of likely N-dealkylation sites (N-methyl/N-ethyl adjacent to an activating group) is 1. The lowest BCUT2D eigenvalue weighted by Gasteiger charge is -2.29. The van der Waals surface area contributed by atoms with E-state index < -0.39 is 0 Å². The van der Waals surface area contributed by atoms with Gasteiger partial charge in [-0.3, -0.25) is 4.79 Å². The van der Waals surface area contributed by atoms with Crippen molar-refractivity contribution >= 4 is 17.6 Å². The number of carbonyl (C=O) groups excluding carboxylic acids is 2. The molecule has 34 heavy (non-hydrogen) atoms. The van der Waals surface area contributed by atoms with Crippen molar-refractivity contribution in [1.82, 2.24) is 9.80 Å². The maximum absolute atomic E-state index is 12.7. The first-order valence-corrected chi connectivity index (χ1v) is 11.9. The summed E-state index contributed by atoms with van der Waals surface area (Å²) in [7, 11) is 1.66. The fourth-order valence-electron chi connectivity index (χ4n) is 4.21.